The van der Waals surface area contributed by atoms with Gasteiger partial charge in [0, 0.05) is 41.4 Å². The molecular formula is C26H25Cl2FN2O2S. The van der Waals surface area contributed by atoms with Crippen LogP contribution in [0.15, 0.2) is 72.8 Å². The lowest BCUT2D eigenvalue weighted by Crippen LogP contribution is -2.50. The fourth-order valence-electron chi connectivity index (χ4n) is 3.50. The van der Waals surface area contributed by atoms with Crippen molar-refractivity contribution in [2.24, 2.45) is 0 Å². The summed E-state index contributed by atoms with van der Waals surface area (Å²) >= 11 is 13.4. The van der Waals surface area contributed by atoms with E-state index in [0.717, 1.165) is 11.1 Å². The highest BCUT2D eigenvalue weighted by Gasteiger charge is 2.29. The van der Waals surface area contributed by atoms with Gasteiger partial charge in [0.15, 0.2) is 0 Å². The van der Waals surface area contributed by atoms with Crippen LogP contribution in [0.1, 0.15) is 16.7 Å². The summed E-state index contributed by atoms with van der Waals surface area (Å²) in [6, 6.07) is 20.5. The fraction of sp³-hybridized carbons (Fsp3) is 0.231. The van der Waals surface area contributed by atoms with E-state index in [0.29, 0.717) is 22.0 Å². The highest BCUT2D eigenvalue weighted by molar-refractivity contribution is 7.99. The first kappa shape index (κ1) is 26.1. The van der Waals surface area contributed by atoms with Crippen LogP contribution in [0.3, 0.4) is 0 Å². The summed E-state index contributed by atoms with van der Waals surface area (Å²) in [5, 5.41) is 3.60. The number of nitrogens with one attached hydrogen (secondary N) is 1. The molecule has 8 heteroatoms. The minimum absolute atomic E-state index is 0.0700. The van der Waals surface area contributed by atoms with Gasteiger partial charge in [0.05, 0.1) is 5.75 Å². The Bertz CT molecular complexity index is 1090. The average molecular weight is 519 g/mol. The van der Waals surface area contributed by atoms with E-state index in [1.807, 2.05) is 42.5 Å². The molecule has 3 rings (SSSR count). The molecule has 0 heterocycles. The van der Waals surface area contributed by atoms with Crippen LogP contribution >= 0.6 is 35.0 Å². The first-order valence-corrected chi connectivity index (χ1v) is 12.6. The van der Waals surface area contributed by atoms with Crippen LogP contribution in [-0.2, 0) is 28.3 Å². The quantitative estimate of drug-likeness (QED) is 0.371. The van der Waals surface area contributed by atoms with Crippen molar-refractivity contribution >= 4 is 46.8 Å². The second kappa shape index (κ2) is 12.8. The molecule has 0 unspecified atom stereocenters. The van der Waals surface area contributed by atoms with Gasteiger partial charge in [-0.15, -0.1) is 11.8 Å². The van der Waals surface area contributed by atoms with Crippen molar-refractivity contribution in [3.63, 3.8) is 0 Å². The maximum Gasteiger partial charge on any atom is 0.242 e. The normalized spacial score (nSPS) is 11.6. The second-order valence-corrected chi connectivity index (χ2v) is 9.49. The van der Waals surface area contributed by atoms with Crippen LogP contribution in [0.2, 0.25) is 10.0 Å². The van der Waals surface area contributed by atoms with E-state index < -0.39 is 11.9 Å². The lowest BCUT2D eigenvalue weighted by atomic mass is 10.0. The van der Waals surface area contributed by atoms with E-state index >= 15 is 0 Å². The number of hydrogen-bond acceptors (Lipinski definition) is 3. The minimum Gasteiger partial charge on any atom is -0.357 e. The van der Waals surface area contributed by atoms with E-state index in [1.54, 1.807) is 36.2 Å². The third-order valence-electron chi connectivity index (χ3n) is 5.32. The van der Waals surface area contributed by atoms with E-state index in [1.165, 1.54) is 17.8 Å². The van der Waals surface area contributed by atoms with Gasteiger partial charge < -0.3 is 10.2 Å². The van der Waals surface area contributed by atoms with Gasteiger partial charge in [-0.25, -0.2) is 4.39 Å². The number of likely N-dealkylation sites (N-methyl/N-ethyl adjacent to an activating group) is 1. The van der Waals surface area contributed by atoms with Gasteiger partial charge in [-0.1, -0.05) is 71.7 Å². The number of nitrogens with zero attached hydrogens (tertiary/aromatic N) is 1. The molecule has 34 heavy (non-hydrogen) atoms. The van der Waals surface area contributed by atoms with Crippen LogP contribution in [0.4, 0.5) is 4.39 Å². The Labute approximate surface area is 213 Å². The fourth-order valence-corrected chi connectivity index (χ4v) is 4.88. The Hall–Kier alpha value is -2.54. The van der Waals surface area contributed by atoms with Crippen molar-refractivity contribution < 1.29 is 14.0 Å². The Morgan fingerprint density at radius 1 is 0.971 bits per heavy atom. The molecule has 0 aromatic heterocycles. The SMILES string of the molecule is CNC(=O)[C@@H](Cc1ccccc1)N(Cc1ccc(Cl)cc1)C(=O)CSCc1c(F)cccc1Cl. The molecule has 0 spiro atoms. The molecule has 0 bridgehead atoms. The van der Waals surface area contributed by atoms with Gasteiger partial charge in [-0.05, 0) is 35.4 Å². The lowest BCUT2D eigenvalue weighted by molar-refractivity contribution is -0.139. The maximum atomic E-state index is 14.1. The van der Waals surface area contributed by atoms with E-state index in [2.05, 4.69) is 5.32 Å². The predicted molar refractivity (Wildman–Crippen MR) is 138 cm³/mol. The van der Waals surface area contributed by atoms with E-state index in [9.17, 15) is 14.0 Å². The molecule has 0 radical (unpaired) electrons. The summed E-state index contributed by atoms with van der Waals surface area (Å²) in [7, 11) is 1.56. The number of amides is 2. The standard InChI is InChI=1S/C26H25Cl2FN2O2S/c1-30-26(33)24(14-18-6-3-2-4-7-18)31(15-19-10-12-20(27)13-11-19)25(32)17-34-16-21-22(28)8-5-9-23(21)29/h2-13,24H,14-17H2,1H3,(H,30,33)/t24-/m1/s1. The number of carbonyl (C=O) groups is 2. The van der Waals surface area contributed by atoms with Gasteiger partial charge in [0.25, 0.3) is 0 Å². The van der Waals surface area contributed by atoms with Gasteiger partial charge >= 0.3 is 0 Å². The number of rotatable bonds is 10. The smallest absolute Gasteiger partial charge is 0.242 e. The molecule has 4 nitrogen and oxygen atoms in total. The molecule has 3 aromatic carbocycles. The second-order valence-electron chi connectivity index (χ2n) is 7.66. The third-order valence-corrected chi connectivity index (χ3v) is 6.87. The first-order valence-electron chi connectivity index (χ1n) is 10.7. The Kier molecular flexibility index (Phi) is 9.81. The molecule has 1 N–H and O–H groups in total. The minimum atomic E-state index is -0.715. The number of halogens is 3. The zero-order valence-electron chi connectivity index (χ0n) is 18.6. The van der Waals surface area contributed by atoms with E-state index in [-0.39, 0.29) is 29.9 Å². The van der Waals surface area contributed by atoms with Crippen LogP contribution in [0.25, 0.3) is 0 Å². The zero-order chi connectivity index (χ0) is 24.5. The summed E-state index contributed by atoms with van der Waals surface area (Å²) in [5.74, 6) is -0.571. The average Bonchev–Trinajstić information content (AvgIpc) is 2.84. The van der Waals surface area contributed by atoms with Crippen molar-refractivity contribution in [1.82, 2.24) is 10.2 Å². The molecule has 2 amide bonds. The van der Waals surface area contributed by atoms with Crippen molar-refractivity contribution in [2.45, 2.75) is 24.8 Å². The van der Waals surface area contributed by atoms with Crippen LogP contribution in [-0.4, -0.2) is 35.6 Å². The summed E-state index contributed by atoms with van der Waals surface area (Å²) in [5.41, 5.74) is 2.15. The topological polar surface area (TPSA) is 49.4 Å². The number of carbonyl (C=O) groups excluding carboxylic acids is 2. The van der Waals surface area contributed by atoms with Crippen molar-refractivity contribution in [3.8, 4) is 0 Å². The molecular weight excluding hydrogens is 494 g/mol. The number of benzene rings is 3. The molecule has 0 aliphatic heterocycles. The van der Waals surface area contributed by atoms with Crippen LogP contribution in [0.5, 0.6) is 0 Å². The molecule has 1 atom stereocenters. The van der Waals surface area contributed by atoms with Gasteiger partial charge in [-0.3, -0.25) is 9.59 Å². The highest BCUT2D eigenvalue weighted by Crippen LogP contribution is 2.25. The Morgan fingerprint density at radius 3 is 2.32 bits per heavy atom. The zero-order valence-corrected chi connectivity index (χ0v) is 21.0. The predicted octanol–water partition coefficient (Wildman–Crippen LogP) is 5.75. The Morgan fingerprint density at radius 2 is 1.68 bits per heavy atom. The maximum absolute atomic E-state index is 14.1. The molecule has 3 aromatic rings. The first-order chi connectivity index (χ1) is 16.4. The summed E-state index contributed by atoms with van der Waals surface area (Å²) < 4.78 is 14.1. The molecule has 178 valence electrons. The van der Waals surface area contributed by atoms with Crippen molar-refractivity contribution in [2.75, 3.05) is 12.8 Å². The number of hydrogen-bond donors (Lipinski definition) is 1. The molecule has 0 aliphatic carbocycles. The van der Waals surface area contributed by atoms with Gasteiger partial charge in [0.2, 0.25) is 11.8 Å². The summed E-state index contributed by atoms with van der Waals surface area (Å²) in [6.07, 6.45) is 0.365. The molecule has 0 saturated heterocycles. The number of thioether (sulfide) groups is 1. The Balaban J connectivity index is 1.82. The van der Waals surface area contributed by atoms with Crippen molar-refractivity contribution in [1.29, 1.82) is 0 Å². The molecule has 0 aliphatic rings. The summed E-state index contributed by atoms with van der Waals surface area (Å²) in [6.45, 7) is 0.238. The third kappa shape index (κ3) is 7.23. The van der Waals surface area contributed by atoms with Crippen LogP contribution in [0, 0.1) is 5.82 Å². The highest BCUT2D eigenvalue weighted by atomic mass is 35.5. The van der Waals surface area contributed by atoms with Gasteiger partial charge in [-0.2, -0.15) is 0 Å². The summed E-state index contributed by atoms with van der Waals surface area (Å²) in [4.78, 5) is 27.9. The molecule has 0 fully saturated rings. The lowest BCUT2D eigenvalue weighted by Gasteiger charge is -2.31. The monoisotopic (exact) mass is 518 g/mol. The molecule has 0 saturated carbocycles. The largest absolute Gasteiger partial charge is 0.357 e. The van der Waals surface area contributed by atoms with Gasteiger partial charge in [0.1, 0.15) is 11.9 Å². The van der Waals surface area contributed by atoms with Crippen molar-refractivity contribution in [3.05, 3.63) is 105 Å². The van der Waals surface area contributed by atoms with E-state index in [4.69, 9.17) is 23.2 Å². The van der Waals surface area contributed by atoms with Crippen LogP contribution < -0.4 is 5.32 Å².